The number of methoxy groups -OCH3 is 1. The van der Waals surface area contributed by atoms with Crippen molar-refractivity contribution >= 4 is 0 Å². The number of aryl methyl sites for hydroxylation is 1. The highest BCUT2D eigenvalue weighted by molar-refractivity contribution is 5.26. The summed E-state index contributed by atoms with van der Waals surface area (Å²) in [6.45, 7) is 1.96. The van der Waals surface area contributed by atoms with Crippen LogP contribution in [0.1, 0.15) is 5.56 Å². The Morgan fingerprint density at radius 1 is 1.67 bits per heavy atom. The third-order valence-electron chi connectivity index (χ3n) is 1.13. The second-order valence-electron chi connectivity index (χ2n) is 1.77. The zero-order valence-electron chi connectivity index (χ0n) is 5.51. The molecule has 0 saturated heterocycles. The molecule has 0 amide bonds. The highest BCUT2D eigenvalue weighted by Crippen LogP contribution is 2.11. The second kappa shape index (κ2) is 2.49. The van der Waals surface area contributed by atoms with E-state index in [4.69, 9.17) is 4.74 Å². The molecule has 1 radical (unpaired) electrons. The maximum Gasteiger partial charge on any atom is 0.149 e. The van der Waals surface area contributed by atoms with Crippen molar-refractivity contribution in [2.45, 2.75) is 6.92 Å². The average molecular weight is 122 g/mol. The van der Waals surface area contributed by atoms with Gasteiger partial charge in [-0.15, -0.1) is 0 Å². The fraction of sp³-hybridized carbons (Fsp3) is 0.286. The maximum absolute atomic E-state index is 4.93. The van der Waals surface area contributed by atoms with Crippen LogP contribution in [0.25, 0.3) is 0 Å². The largest absolute Gasteiger partial charge is 0.494 e. The van der Waals surface area contributed by atoms with E-state index in [1.807, 2.05) is 13.0 Å². The first kappa shape index (κ1) is 6.08. The maximum atomic E-state index is 4.93. The molecule has 0 atom stereocenters. The van der Waals surface area contributed by atoms with Crippen LogP contribution in [0, 0.1) is 13.1 Å². The Morgan fingerprint density at radius 2 is 2.44 bits per heavy atom. The summed E-state index contributed by atoms with van der Waals surface area (Å²) >= 11 is 0. The van der Waals surface area contributed by atoms with Crippen LogP contribution in [-0.2, 0) is 0 Å². The number of ether oxygens (including phenoxy) is 1. The van der Waals surface area contributed by atoms with E-state index in [-0.39, 0.29) is 0 Å². The molecule has 1 aromatic rings. The molecule has 2 nitrogen and oxygen atoms in total. The molecule has 0 unspecified atom stereocenters. The van der Waals surface area contributed by atoms with E-state index < -0.39 is 0 Å². The second-order valence-corrected chi connectivity index (χ2v) is 1.77. The van der Waals surface area contributed by atoms with Crippen LogP contribution in [0.2, 0.25) is 0 Å². The Morgan fingerprint density at radius 3 is 2.89 bits per heavy atom. The van der Waals surface area contributed by atoms with Gasteiger partial charge in [0, 0.05) is 6.20 Å². The molecular formula is C7H8NO. The predicted octanol–water partition coefficient (Wildman–Crippen LogP) is 1.20. The summed E-state index contributed by atoms with van der Waals surface area (Å²) in [7, 11) is 1.61. The lowest BCUT2D eigenvalue weighted by Gasteiger charge is -1.99. The normalized spacial score (nSPS) is 9.11. The molecule has 1 rings (SSSR count). The Hall–Kier alpha value is -1.05. The zero-order chi connectivity index (χ0) is 6.69. The first-order valence-corrected chi connectivity index (χ1v) is 2.72. The summed E-state index contributed by atoms with van der Waals surface area (Å²) < 4.78 is 4.93. The molecule has 0 bridgehead atoms. The molecule has 47 valence electrons. The van der Waals surface area contributed by atoms with Crippen molar-refractivity contribution in [3.63, 3.8) is 0 Å². The van der Waals surface area contributed by atoms with Crippen LogP contribution in [0.5, 0.6) is 5.75 Å². The number of hydrogen-bond acceptors (Lipinski definition) is 2. The highest BCUT2D eigenvalue weighted by atomic mass is 16.5. The fourth-order valence-electron chi connectivity index (χ4n) is 0.615. The number of pyridine rings is 1. The van der Waals surface area contributed by atoms with E-state index in [1.165, 1.54) is 0 Å². The van der Waals surface area contributed by atoms with E-state index in [0.717, 1.165) is 11.3 Å². The van der Waals surface area contributed by atoms with Gasteiger partial charge in [0.15, 0.2) is 0 Å². The van der Waals surface area contributed by atoms with E-state index in [2.05, 4.69) is 11.2 Å². The lowest BCUT2D eigenvalue weighted by Crippen LogP contribution is -1.86. The van der Waals surface area contributed by atoms with Gasteiger partial charge in [-0.2, -0.15) is 0 Å². The van der Waals surface area contributed by atoms with Crippen molar-refractivity contribution in [1.29, 1.82) is 0 Å². The van der Waals surface area contributed by atoms with E-state index in [1.54, 1.807) is 13.3 Å². The van der Waals surface area contributed by atoms with Crippen LogP contribution in [0.4, 0.5) is 0 Å². The first-order chi connectivity index (χ1) is 4.34. The van der Waals surface area contributed by atoms with Crippen LogP contribution in [0.3, 0.4) is 0 Å². The molecular weight excluding hydrogens is 114 g/mol. The van der Waals surface area contributed by atoms with Crippen molar-refractivity contribution < 1.29 is 4.74 Å². The Labute approximate surface area is 54.5 Å². The van der Waals surface area contributed by atoms with Gasteiger partial charge in [-0.3, -0.25) is 4.98 Å². The lowest BCUT2D eigenvalue weighted by molar-refractivity contribution is 0.408. The predicted molar refractivity (Wildman–Crippen MR) is 34.4 cm³/mol. The molecule has 1 heterocycles. The van der Waals surface area contributed by atoms with Crippen molar-refractivity contribution in [2.75, 3.05) is 7.11 Å². The quantitative estimate of drug-likeness (QED) is 0.558. The number of aromatic nitrogens is 1. The van der Waals surface area contributed by atoms with Crippen molar-refractivity contribution in [2.24, 2.45) is 0 Å². The van der Waals surface area contributed by atoms with Gasteiger partial charge in [0.1, 0.15) is 11.9 Å². The SMILES string of the molecule is COc1[c]nccc1C. The molecule has 0 aromatic carbocycles. The number of nitrogens with zero attached hydrogens (tertiary/aromatic N) is 1. The standard InChI is InChI=1S/C7H8NO/c1-6-3-4-8-5-7(6)9-2/h3-4H,1-2H3. The molecule has 1 aromatic heterocycles. The minimum atomic E-state index is 0.720. The van der Waals surface area contributed by atoms with Crippen LogP contribution >= 0.6 is 0 Å². The molecule has 9 heavy (non-hydrogen) atoms. The van der Waals surface area contributed by atoms with Gasteiger partial charge in [0.05, 0.1) is 7.11 Å². The van der Waals surface area contributed by atoms with Crippen molar-refractivity contribution in [3.8, 4) is 5.75 Å². The van der Waals surface area contributed by atoms with Crippen molar-refractivity contribution in [1.82, 2.24) is 4.98 Å². The van der Waals surface area contributed by atoms with E-state index in [9.17, 15) is 0 Å². The zero-order valence-corrected chi connectivity index (χ0v) is 5.51. The Kier molecular flexibility index (Phi) is 1.68. The van der Waals surface area contributed by atoms with E-state index >= 15 is 0 Å². The summed E-state index contributed by atoms with van der Waals surface area (Å²) in [6.07, 6.45) is 4.41. The summed E-state index contributed by atoms with van der Waals surface area (Å²) in [5.74, 6) is 0.720. The molecule has 0 N–H and O–H groups in total. The van der Waals surface area contributed by atoms with Gasteiger partial charge in [0.2, 0.25) is 0 Å². The minimum Gasteiger partial charge on any atom is -0.494 e. The van der Waals surface area contributed by atoms with Gasteiger partial charge < -0.3 is 4.74 Å². The Bertz CT molecular complexity index is 198. The van der Waals surface area contributed by atoms with Crippen LogP contribution < -0.4 is 4.74 Å². The third kappa shape index (κ3) is 1.19. The Balaban J connectivity index is 3.01. The summed E-state index contributed by atoms with van der Waals surface area (Å²) in [6, 6.07) is 1.88. The van der Waals surface area contributed by atoms with Gasteiger partial charge in [-0.1, -0.05) is 0 Å². The molecule has 0 aliphatic carbocycles. The van der Waals surface area contributed by atoms with E-state index in [0.29, 0.717) is 0 Å². The number of rotatable bonds is 1. The number of hydrogen-bond donors (Lipinski definition) is 0. The van der Waals surface area contributed by atoms with Gasteiger partial charge >= 0.3 is 0 Å². The molecule has 0 saturated carbocycles. The monoisotopic (exact) mass is 122 g/mol. The lowest BCUT2D eigenvalue weighted by atomic mass is 10.3. The smallest absolute Gasteiger partial charge is 0.149 e. The van der Waals surface area contributed by atoms with Gasteiger partial charge in [-0.25, -0.2) is 0 Å². The van der Waals surface area contributed by atoms with Gasteiger partial charge in [-0.05, 0) is 18.6 Å². The topological polar surface area (TPSA) is 22.1 Å². The molecule has 0 spiro atoms. The van der Waals surface area contributed by atoms with Crippen LogP contribution in [0.15, 0.2) is 12.3 Å². The van der Waals surface area contributed by atoms with Gasteiger partial charge in [0.25, 0.3) is 0 Å². The minimum absolute atomic E-state index is 0.720. The molecule has 0 fully saturated rings. The van der Waals surface area contributed by atoms with Crippen LogP contribution in [-0.4, -0.2) is 12.1 Å². The molecule has 2 heteroatoms. The summed E-state index contributed by atoms with van der Waals surface area (Å²) in [5, 5.41) is 0. The molecule has 0 aliphatic rings. The summed E-state index contributed by atoms with van der Waals surface area (Å²) in [4.78, 5) is 3.77. The summed E-state index contributed by atoms with van der Waals surface area (Å²) in [5.41, 5.74) is 1.06. The average Bonchev–Trinajstić information content (AvgIpc) is 1.89. The first-order valence-electron chi connectivity index (χ1n) is 2.72. The third-order valence-corrected chi connectivity index (χ3v) is 1.13. The van der Waals surface area contributed by atoms with Crippen molar-refractivity contribution in [3.05, 3.63) is 24.0 Å². The fourth-order valence-corrected chi connectivity index (χ4v) is 0.615. The highest BCUT2D eigenvalue weighted by Gasteiger charge is 1.93. The molecule has 0 aliphatic heterocycles.